The van der Waals surface area contributed by atoms with Gasteiger partial charge in [0.25, 0.3) is 5.69 Å². The molecule has 0 spiro atoms. The van der Waals surface area contributed by atoms with E-state index in [4.69, 9.17) is 27.4 Å². The van der Waals surface area contributed by atoms with Crippen molar-refractivity contribution < 1.29 is 4.92 Å². The van der Waals surface area contributed by atoms with Crippen LogP contribution >= 0.6 is 11.6 Å². The van der Waals surface area contributed by atoms with Crippen LogP contribution in [0.1, 0.15) is 37.8 Å². The number of amidine groups is 2. The molecule has 0 unspecified atom stereocenters. The van der Waals surface area contributed by atoms with Gasteiger partial charge < -0.3 is 0 Å². The second-order valence-corrected chi connectivity index (χ2v) is 6.93. The van der Waals surface area contributed by atoms with E-state index in [1.165, 1.54) is 17.0 Å². The van der Waals surface area contributed by atoms with Gasteiger partial charge in [-0.25, -0.2) is 0 Å². The summed E-state index contributed by atoms with van der Waals surface area (Å²) >= 11 is 6.42. The lowest BCUT2D eigenvalue weighted by molar-refractivity contribution is -0.384. The third-order valence-electron chi connectivity index (χ3n) is 4.55. The number of hydrogen-bond donors (Lipinski definition) is 2. The van der Waals surface area contributed by atoms with Crippen LogP contribution in [0.2, 0.25) is 5.02 Å². The minimum Gasteiger partial charge on any atom is -0.288 e. The Morgan fingerprint density at radius 1 is 1.29 bits per heavy atom. The van der Waals surface area contributed by atoms with Crippen LogP contribution < -0.4 is 4.90 Å². The fourth-order valence-corrected chi connectivity index (χ4v) is 3.52. The number of nitro benzene ring substituents is 1. The lowest BCUT2D eigenvalue weighted by Gasteiger charge is -2.26. The molecule has 0 fully saturated rings. The normalized spacial score (nSPS) is 16.2. The van der Waals surface area contributed by atoms with Crippen molar-refractivity contribution in [3.8, 4) is 0 Å². The first-order valence-corrected chi connectivity index (χ1v) is 9.28. The fraction of sp³-hybridized carbons (Fsp3) is 0.250. The summed E-state index contributed by atoms with van der Waals surface area (Å²) in [6.45, 7) is 3.59. The summed E-state index contributed by atoms with van der Waals surface area (Å²) in [5.74, 6) is 0.323. The Balaban J connectivity index is 2.36. The number of rotatable bonds is 4. The van der Waals surface area contributed by atoms with Crippen molar-refractivity contribution in [2.24, 2.45) is 4.99 Å². The molecule has 0 aromatic heterocycles. The Labute approximate surface area is 167 Å². The van der Waals surface area contributed by atoms with Crippen LogP contribution in [-0.2, 0) is 0 Å². The number of nitro groups is 1. The molecule has 1 aliphatic heterocycles. The van der Waals surface area contributed by atoms with Gasteiger partial charge in [-0.3, -0.25) is 30.8 Å². The van der Waals surface area contributed by atoms with E-state index in [1.54, 1.807) is 25.1 Å². The number of benzene rings is 2. The number of benzodiazepines with no additional fused rings is 1. The van der Waals surface area contributed by atoms with Crippen LogP contribution in [0, 0.1) is 20.9 Å². The van der Waals surface area contributed by atoms with Gasteiger partial charge in [0.15, 0.2) is 0 Å². The molecule has 0 bridgehead atoms. The highest BCUT2D eigenvalue weighted by atomic mass is 35.5. The summed E-state index contributed by atoms with van der Waals surface area (Å²) in [6.07, 6.45) is 1.42. The third-order valence-corrected chi connectivity index (χ3v) is 4.88. The van der Waals surface area contributed by atoms with E-state index < -0.39 is 11.0 Å². The van der Waals surface area contributed by atoms with Crippen LogP contribution in [0.5, 0.6) is 0 Å². The molecule has 2 aromatic carbocycles. The van der Waals surface area contributed by atoms with Gasteiger partial charge in [-0.05, 0) is 25.5 Å². The summed E-state index contributed by atoms with van der Waals surface area (Å²) in [7, 11) is 0. The van der Waals surface area contributed by atoms with Gasteiger partial charge in [-0.2, -0.15) is 0 Å². The van der Waals surface area contributed by atoms with Crippen molar-refractivity contribution in [2.75, 3.05) is 4.90 Å². The Morgan fingerprint density at radius 3 is 2.61 bits per heavy atom. The standard InChI is InChI=1S/C20H20ClN5O2/c1-3-6-17-20(23)25(12(2)22)18-10-9-13(26(27)28)11-15(18)19(24-17)14-7-4-5-8-16(14)21/h4-5,7-11,17,22-23H,3,6H2,1-2H3/t17-/m0/s1. The summed E-state index contributed by atoms with van der Waals surface area (Å²) in [5.41, 5.74) is 2.06. The van der Waals surface area contributed by atoms with Gasteiger partial charge in [0, 0.05) is 28.3 Å². The van der Waals surface area contributed by atoms with E-state index >= 15 is 0 Å². The van der Waals surface area contributed by atoms with E-state index in [2.05, 4.69) is 0 Å². The van der Waals surface area contributed by atoms with Gasteiger partial charge >= 0.3 is 0 Å². The van der Waals surface area contributed by atoms with E-state index in [9.17, 15) is 10.1 Å². The predicted molar refractivity (Wildman–Crippen MR) is 112 cm³/mol. The first kappa shape index (κ1) is 19.7. The largest absolute Gasteiger partial charge is 0.288 e. The first-order valence-electron chi connectivity index (χ1n) is 8.90. The van der Waals surface area contributed by atoms with Crippen molar-refractivity contribution in [2.45, 2.75) is 32.7 Å². The molecule has 0 saturated carbocycles. The molecule has 2 N–H and O–H groups in total. The van der Waals surface area contributed by atoms with Crippen LogP contribution in [0.15, 0.2) is 47.5 Å². The number of anilines is 1. The number of hydrogen-bond acceptors (Lipinski definition) is 5. The SMILES string of the molecule is CCC[C@@H]1N=C(c2ccccc2Cl)c2cc([N+](=O)[O-])ccc2N(C(C)=N)C1=N. The zero-order valence-corrected chi connectivity index (χ0v) is 16.3. The summed E-state index contributed by atoms with van der Waals surface area (Å²) < 4.78 is 0. The molecule has 0 amide bonds. The third kappa shape index (κ3) is 3.53. The maximum Gasteiger partial charge on any atom is 0.270 e. The van der Waals surface area contributed by atoms with E-state index in [0.29, 0.717) is 34.0 Å². The summed E-state index contributed by atoms with van der Waals surface area (Å²) in [6, 6.07) is 11.1. The van der Waals surface area contributed by atoms with Crippen LogP contribution in [-0.4, -0.2) is 28.3 Å². The maximum absolute atomic E-state index is 11.4. The molecule has 0 aliphatic carbocycles. The van der Waals surface area contributed by atoms with E-state index in [0.717, 1.165) is 6.42 Å². The van der Waals surface area contributed by atoms with Crippen LogP contribution in [0.4, 0.5) is 11.4 Å². The molecule has 0 radical (unpaired) electrons. The van der Waals surface area contributed by atoms with Crippen molar-refractivity contribution in [1.82, 2.24) is 0 Å². The fourth-order valence-electron chi connectivity index (χ4n) is 3.29. The van der Waals surface area contributed by atoms with Crippen LogP contribution in [0.25, 0.3) is 0 Å². The van der Waals surface area contributed by atoms with Gasteiger partial charge in [0.2, 0.25) is 0 Å². The van der Waals surface area contributed by atoms with Crippen molar-refractivity contribution >= 4 is 40.4 Å². The molecule has 2 aromatic rings. The highest BCUT2D eigenvalue weighted by Crippen LogP contribution is 2.34. The van der Waals surface area contributed by atoms with E-state index in [-0.39, 0.29) is 17.4 Å². The Bertz CT molecular complexity index is 1000. The van der Waals surface area contributed by atoms with Crippen molar-refractivity contribution in [3.63, 3.8) is 0 Å². The molecule has 28 heavy (non-hydrogen) atoms. The number of aliphatic imine (C=N–C) groups is 1. The van der Waals surface area contributed by atoms with Crippen molar-refractivity contribution in [1.29, 1.82) is 10.8 Å². The topological polar surface area (TPSA) is 106 Å². The average molecular weight is 398 g/mol. The maximum atomic E-state index is 11.4. The zero-order chi connectivity index (χ0) is 20.4. The highest BCUT2D eigenvalue weighted by Gasteiger charge is 2.31. The molecular weight excluding hydrogens is 378 g/mol. The minimum absolute atomic E-state index is 0.0819. The molecule has 1 aliphatic rings. The lowest BCUT2D eigenvalue weighted by atomic mass is 9.99. The Morgan fingerprint density at radius 2 is 2.00 bits per heavy atom. The van der Waals surface area contributed by atoms with Gasteiger partial charge in [-0.15, -0.1) is 0 Å². The monoisotopic (exact) mass is 397 g/mol. The highest BCUT2D eigenvalue weighted by molar-refractivity contribution is 6.36. The summed E-state index contributed by atoms with van der Waals surface area (Å²) in [5, 5.41) is 28.7. The van der Waals surface area contributed by atoms with Crippen LogP contribution in [0.3, 0.4) is 0 Å². The number of nitrogens with one attached hydrogen (secondary N) is 2. The Hall–Kier alpha value is -3.06. The number of non-ortho nitro benzene ring substituents is 1. The van der Waals surface area contributed by atoms with E-state index in [1.807, 2.05) is 19.1 Å². The minimum atomic E-state index is -0.483. The molecule has 144 valence electrons. The zero-order valence-electron chi connectivity index (χ0n) is 15.6. The second kappa shape index (κ2) is 7.90. The van der Waals surface area contributed by atoms with Gasteiger partial charge in [0.05, 0.1) is 16.3 Å². The number of nitrogens with zero attached hydrogens (tertiary/aromatic N) is 3. The Kier molecular flexibility index (Phi) is 5.56. The van der Waals surface area contributed by atoms with Gasteiger partial charge in [-0.1, -0.05) is 43.1 Å². The first-order chi connectivity index (χ1) is 13.3. The summed E-state index contributed by atoms with van der Waals surface area (Å²) in [4.78, 5) is 17.2. The molecule has 8 heteroatoms. The number of halogens is 1. The number of fused-ring (bicyclic) bond motifs is 1. The second-order valence-electron chi connectivity index (χ2n) is 6.53. The van der Waals surface area contributed by atoms with Crippen molar-refractivity contribution in [3.05, 3.63) is 68.7 Å². The quantitative estimate of drug-likeness (QED) is 0.326. The molecule has 0 saturated heterocycles. The molecule has 7 nitrogen and oxygen atoms in total. The lowest BCUT2D eigenvalue weighted by Crippen LogP contribution is -2.40. The predicted octanol–water partition coefficient (Wildman–Crippen LogP) is 5.05. The molecule has 3 rings (SSSR count). The van der Waals surface area contributed by atoms with Gasteiger partial charge in [0.1, 0.15) is 17.7 Å². The molecular formula is C20H20ClN5O2. The molecule has 1 atom stereocenters. The average Bonchev–Trinajstić information content (AvgIpc) is 2.77. The smallest absolute Gasteiger partial charge is 0.270 e. The molecule has 1 heterocycles.